The van der Waals surface area contributed by atoms with Gasteiger partial charge in [-0.25, -0.2) is 0 Å². The molecule has 1 aliphatic rings. The number of hydrogen-bond donors (Lipinski definition) is 2. The number of nitrogens with zero attached hydrogens (tertiary/aromatic N) is 2. The first kappa shape index (κ1) is 23.4. The highest BCUT2D eigenvalue weighted by molar-refractivity contribution is 7.71. The summed E-state index contributed by atoms with van der Waals surface area (Å²) in [5.41, 5.74) is 2.90. The van der Waals surface area contributed by atoms with Gasteiger partial charge in [-0.05, 0) is 53.7 Å². The second-order valence-corrected chi connectivity index (χ2v) is 9.80. The van der Waals surface area contributed by atoms with Crippen LogP contribution in [0.5, 0.6) is 0 Å². The monoisotopic (exact) mass is 464 g/mol. The number of likely N-dealkylation sites (tertiary alicyclic amines) is 1. The molecule has 0 spiro atoms. The van der Waals surface area contributed by atoms with Crippen molar-refractivity contribution in [2.24, 2.45) is 11.8 Å². The maximum Gasteiger partial charge on any atom is 0.262 e. The molecule has 174 valence electrons. The molecule has 1 aromatic heterocycles. The molecule has 6 nitrogen and oxygen atoms in total. The second kappa shape index (κ2) is 10.4. The van der Waals surface area contributed by atoms with E-state index in [0.29, 0.717) is 22.2 Å². The van der Waals surface area contributed by atoms with Crippen LogP contribution in [-0.2, 0) is 24.4 Å². The van der Waals surface area contributed by atoms with Crippen molar-refractivity contribution < 1.29 is 4.79 Å². The van der Waals surface area contributed by atoms with E-state index in [2.05, 4.69) is 53.3 Å². The minimum Gasteiger partial charge on any atom is -0.352 e. The molecule has 1 fully saturated rings. The lowest BCUT2D eigenvalue weighted by atomic mass is 9.91. The van der Waals surface area contributed by atoms with Crippen LogP contribution in [-0.4, -0.2) is 33.4 Å². The molecule has 0 aliphatic carbocycles. The number of para-hydroxylation sites is 1. The van der Waals surface area contributed by atoms with Crippen LogP contribution in [0.15, 0.2) is 53.3 Å². The number of aromatic amines is 1. The largest absolute Gasteiger partial charge is 0.352 e. The summed E-state index contributed by atoms with van der Waals surface area (Å²) < 4.78 is 1.79. The number of H-pyrrole nitrogens is 1. The van der Waals surface area contributed by atoms with Gasteiger partial charge in [0.25, 0.3) is 5.56 Å². The molecule has 1 saturated heterocycles. The number of hydrogen-bond acceptors (Lipinski definition) is 4. The fourth-order valence-electron chi connectivity index (χ4n) is 4.85. The Hall–Kier alpha value is -2.77. The lowest BCUT2D eigenvalue weighted by molar-refractivity contribution is -0.121. The highest BCUT2D eigenvalue weighted by atomic mass is 32.1. The van der Waals surface area contributed by atoms with Gasteiger partial charge in [0.2, 0.25) is 5.91 Å². The summed E-state index contributed by atoms with van der Waals surface area (Å²) in [6.45, 7) is 8.67. The quantitative estimate of drug-likeness (QED) is 0.513. The van der Waals surface area contributed by atoms with E-state index < -0.39 is 0 Å². The molecule has 2 atom stereocenters. The Balaban J connectivity index is 1.28. The first-order valence-corrected chi connectivity index (χ1v) is 12.1. The van der Waals surface area contributed by atoms with Crippen molar-refractivity contribution in [1.82, 2.24) is 19.8 Å². The molecule has 33 heavy (non-hydrogen) atoms. The van der Waals surface area contributed by atoms with E-state index in [1.165, 1.54) is 16.6 Å². The number of amides is 1. The van der Waals surface area contributed by atoms with E-state index in [1.807, 2.05) is 18.2 Å². The lowest BCUT2D eigenvalue weighted by Crippen LogP contribution is -2.38. The molecule has 2 aromatic carbocycles. The molecular formula is C26H32N4O2S. The Bertz CT molecular complexity index is 1220. The number of rotatable bonds is 7. The van der Waals surface area contributed by atoms with Crippen molar-refractivity contribution in [2.75, 3.05) is 13.1 Å². The first-order valence-electron chi connectivity index (χ1n) is 11.7. The van der Waals surface area contributed by atoms with E-state index in [0.717, 1.165) is 37.0 Å². The van der Waals surface area contributed by atoms with E-state index in [1.54, 1.807) is 6.07 Å². The number of piperidine rings is 1. The molecule has 1 aliphatic heterocycles. The zero-order chi connectivity index (χ0) is 23.4. The van der Waals surface area contributed by atoms with Crippen LogP contribution >= 0.6 is 12.2 Å². The number of fused-ring (bicyclic) bond motifs is 1. The maximum atomic E-state index is 12.7. The van der Waals surface area contributed by atoms with Gasteiger partial charge in [0, 0.05) is 39.1 Å². The summed E-state index contributed by atoms with van der Waals surface area (Å²) in [6, 6.07) is 15.7. The minimum atomic E-state index is -0.171. The van der Waals surface area contributed by atoms with Crippen molar-refractivity contribution >= 4 is 29.0 Å². The van der Waals surface area contributed by atoms with Crippen molar-refractivity contribution in [3.8, 4) is 0 Å². The molecule has 0 saturated carbocycles. The number of carbonyl (C=O) groups excluding carboxylic acids is 1. The lowest BCUT2D eigenvalue weighted by Gasteiger charge is -2.35. The Morgan fingerprint density at radius 1 is 1.06 bits per heavy atom. The first-order chi connectivity index (χ1) is 15.9. The third kappa shape index (κ3) is 5.97. The molecule has 0 radical (unpaired) electrons. The van der Waals surface area contributed by atoms with Gasteiger partial charge in [0.05, 0.1) is 10.9 Å². The highest BCUT2D eigenvalue weighted by Gasteiger charge is 2.21. The molecule has 1 amide bonds. The zero-order valence-electron chi connectivity index (χ0n) is 19.3. The number of aromatic nitrogens is 2. The average molecular weight is 465 g/mol. The van der Waals surface area contributed by atoms with Crippen molar-refractivity contribution in [3.63, 3.8) is 0 Å². The minimum absolute atomic E-state index is 0.107. The molecule has 4 rings (SSSR count). The molecule has 2 N–H and O–H groups in total. The summed E-state index contributed by atoms with van der Waals surface area (Å²) in [4.78, 5) is 30.7. The molecule has 3 aromatic rings. The standard InChI is InChI=1S/C26H32N4O2S/c1-18-13-19(2)16-29(15-18)17-21-9-7-20(8-10-21)14-27-24(31)11-12-30-25(32)22-5-3-4-6-23(22)28-26(30)33/h3-10,18-19H,11-17H2,1-2H3,(H,27,31)(H,28,33). The fourth-order valence-corrected chi connectivity index (χ4v) is 5.13. The SMILES string of the molecule is CC1CC(C)CN(Cc2ccc(CNC(=O)CCn3c(=S)[nH]c4ccccc4c3=O)cc2)C1. The van der Waals surface area contributed by atoms with Crippen LogP contribution < -0.4 is 10.9 Å². The Labute approximate surface area is 199 Å². The van der Waals surface area contributed by atoms with Crippen LogP contribution in [0.4, 0.5) is 0 Å². The predicted octanol–water partition coefficient (Wildman–Crippen LogP) is 4.24. The fraction of sp³-hybridized carbons (Fsp3) is 0.423. The van der Waals surface area contributed by atoms with Gasteiger partial charge in [-0.15, -0.1) is 0 Å². The maximum absolute atomic E-state index is 12.7. The van der Waals surface area contributed by atoms with E-state index >= 15 is 0 Å². The molecule has 0 bridgehead atoms. The molecule has 2 unspecified atom stereocenters. The Kier molecular flexibility index (Phi) is 7.40. The summed E-state index contributed by atoms with van der Waals surface area (Å²) in [6.07, 6.45) is 1.51. The number of nitrogens with one attached hydrogen (secondary N) is 2. The second-order valence-electron chi connectivity index (χ2n) is 9.42. The summed E-state index contributed by atoms with van der Waals surface area (Å²) >= 11 is 5.32. The predicted molar refractivity (Wildman–Crippen MR) is 135 cm³/mol. The van der Waals surface area contributed by atoms with Crippen LogP contribution in [0, 0.1) is 16.6 Å². The van der Waals surface area contributed by atoms with Crippen molar-refractivity contribution in [2.45, 2.75) is 46.3 Å². The topological polar surface area (TPSA) is 70.1 Å². The van der Waals surface area contributed by atoms with E-state index in [9.17, 15) is 9.59 Å². The van der Waals surface area contributed by atoms with Gasteiger partial charge < -0.3 is 10.3 Å². The smallest absolute Gasteiger partial charge is 0.262 e. The molecule has 2 heterocycles. The summed E-state index contributed by atoms with van der Waals surface area (Å²) in [5, 5.41) is 3.52. The average Bonchev–Trinajstić information content (AvgIpc) is 2.78. The van der Waals surface area contributed by atoms with Crippen LogP contribution in [0.3, 0.4) is 0 Å². The van der Waals surface area contributed by atoms with Gasteiger partial charge in [-0.3, -0.25) is 19.1 Å². The van der Waals surface area contributed by atoms with Gasteiger partial charge in [-0.2, -0.15) is 0 Å². The summed E-state index contributed by atoms with van der Waals surface area (Å²) in [5.74, 6) is 1.40. The number of carbonyl (C=O) groups is 1. The Morgan fingerprint density at radius 2 is 1.73 bits per heavy atom. The van der Waals surface area contributed by atoms with Crippen molar-refractivity contribution in [1.29, 1.82) is 0 Å². The van der Waals surface area contributed by atoms with Gasteiger partial charge in [-0.1, -0.05) is 50.2 Å². The van der Waals surface area contributed by atoms with E-state index in [-0.39, 0.29) is 24.4 Å². The third-order valence-corrected chi connectivity index (χ3v) is 6.64. The summed E-state index contributed by atoms with van der Waals surface area (Å²) in [7, 11) is 0. The van der Waals surface area contributed by atoms with Gasteiger partial charge >= 0.3 is 0 Å². The Morgan fingerprint density at radius 3 is 2.45 bits per heavy atom. The van der Waals surface area contributed by atoms with Gasteiger partial charge in [0.15, 0.2) is 4.77 Å². The molecular weight excluding hydrogens is 432 g/mol. The van der Waals surface area contributed by atoms with Gasteiger partial charge in [0.1, 0.15) is 0 Å². The molecule has 7 heteroatoms. The van der Waals surface area contributed by atoms with Crippen LogP contribution in [0.25, 0.3) is 10.9 Å². The van der Waals surface area contributed by atoms with Crippen LogP contribution in [0.1, 0.15) is 37.8 Å². The van der Waals surface area contributed by atoms with E-state index in [4.69, 9.17) is 12.2 Å². The zero-order valence-corrected chi connectivity index (χ0v) is 20.2. The van der Waals surface area contributed by atoms with Crippen LogP contribution in [0.2, 0.25) is 0 Å². The third-order valence-electron chi connectivity index (χ3n) is 6.32. The number of benzene rings is 2. The highest BCUT2D eigenvalue weighted by Crippen LogP contribution is 2.22. The normalized spacial score (nSPS) is 19.0. The van der Waals surface area contributed by atoms with Crippen molar-refractivity contribution in [3.05, 3.63) is 74.8 Å².